The van der Waals surface area contributed by atoms with Gasteiger partial charge in [0.1, 0.15) is 17.0 Å². The number of benzene rings is 1. The van der Waals surface area contributed by atoms with Crippen molar-refractivity contribution in [3.63, 3.8) is 0 Å². The van der Waals surface area contributed by atoms with E-state index >= 15 is 0 Å². The molecule has 0 saturated heterocycles. The van der Waals surface area contributed by atoms with Crippen LogP contribution in [0.4, 0.5) is 4.39 Å². The number of halogens is 1. The first-order chi connectivity index (χ1) is 7.50. The van der Waals surface area contributed by atoms with Crippen LogP contribution in [0, 0.1) is 12.7 Å². The molecule has 0 saturated carbocycles. The normalized spacial score (nSPS) is 10.6. The molecule has 0 atom stereocenters. The van der Waals surface area contributed by atoms with Crippen LogP contribution in [0.3, 0.4) is 0 Å². The first kappa shape index (κ1) is 10.4. The van der Waals surface area contributed by atoms with Crippen LogP contribution >= 0.6 is 0 Å². The smallest absolute Gasteiger partial charge is 0.351 e. The lowest BCUT2D eigenvalue weighted by atomic mass is 10.1. The number of aromatic carboxylic acids is 1. The summed E-state index contributed by atoms with van der Waals surface area (Å²) < 4.78 is 17.8. The van der Waals surface area contributed by atoms with E-state index in [0.717, 1.165) is 12.1 Å². The topological polar surface area (TPSA) is 67.5 Å². The molecule has 0 amide bonds. The Morgan fingerprint density at radius 1 is 1.44 bits per heavy atom. The Morgan fingerprint density at radius 3 is 2.75 bits per heavy atom. The molecular formula is C11H7FO4. The molecule has 0 fully saturated rings. The van der Waals surface area contributed by atoms with Gasteiger partial charge in [-0.15, -0.1) is 0 Å². The van der Waals surface area contributed by atoms with Gasteiger partial charge in [0.25, 0.3) is 0 Å². The van der Waals surface area contributed by atoms with Crippen LogP contribution in [0.25, 0.3) is 11.0 Å². The van der Waals surface area contributed by atoms with Crippen molar-refractivity contribution in [3.05, 3.63) is 45.6 Å². The third kappa shape index (κ3) is 1.46. The zero-order valence-corrected chi connectivity index (χ0v) is 8.28. The summed E-state index contributed by atoms with van der Waals surface area (Å²) in [6.45, 7) is 1.45. The number of rotatable bonds is 1. The van der Waals surface area contributed by atoms with E-state index in [1.807, 2.05) is 0 Å². The Kier molecular flexibility index (Phi) is 2.23. The quantitative estimate of drug-likeness (QED) is 0.748. The fraction of sp³-hybridized carbons (Fsp3) is 0.0909. The highest BCUT2D eigenvalue weighted by Gasteiger charge is 2.17. The van der Waals surface area contributed by atoms with Gasteiger partial charge >= 0.3 is 11.6 Å². The third-order valence-corrected chi connectivity index (χ3v) is 2.34. The summed E-state index contributed by atoms with van der Waals surface area (Å²) in [7, 11) is 0. The van der Waals surface area contributed by atoms with Crippen LogP contribution in [0.2, 0.25) is 0 Å². The zero-order chi connectivity index (χ0) is 11.9. The van der Waals surface area contributed by atoms with Gasteiger partial charge in [-0.3, -0.25) is 0 Å². The Labute approximate surface area is 88.9 Å². The minimum atomic E-state index is -1.38. The maximum atomic E-state index is 13.0. The molecule has 1 aromatic heterocycles. The van der Waals surface area contributed by atoms with E-state index in [2.05, 4.69) is 0 Å². The fourth-order valence-corrected chi connectivity index (χ4v) is 1.57. The summed E-state index contributed by atoms with van der Waals surface area (Å²) in [6.07, 6.45) is 0. The van der Waals surface area contributed by atoms with Crippen molar-refractivity contribution in [1.29, 1.82) is 0 Å². The van der Waals surface area contributed by atoms with E-state index in [4.69, 9.17) is 9.52 Å². The molecule has 0 aliphatic carbocycles. The van der Waals surface area contributed by atoms with E-state index in [-0.39, 0.29) is 16.5 Å². The van der Waals surface area contributed by atoms with Gasteiger partial charge in [-0.1, -0.05) is 0 Å². The zero-order valence-electron chi connectivity index (χ0n) is 8.28. The van der Waals surface area contributed by atoms with Crippen LogP contribution in [0.1, 0.15) is 15.9 Å². The molecule has 0 unspecified atom stereocenters. The van der Waals surface area contributed by atoms with E-state index < -0.39 is 23.0 Å². The molecule has 1 aromatic carbocycles. The van der Waals surface area contributed by atoms with E-state index in [0.29, 0.717) is 0 Å². The highest BCUT2D eigenvalue weighted by molar-refractivity contribution is 5.94. The molecule has 0 aliphatic rings. The lowest BCUT2D eigenvalue weighted by Crippen LogP contribution is -2.15. The van der Waals surface area contributed by atoms with Crippen LogP contribution in [-0.2, 0) is 0 Å². The van der Waals surface area contributed by atoms with E-state index in [1.165, 1.54) is 13.0 Å². The molecule has 0 radical (unpaired) electrons. The monoisotopic (exact) mass is 222 g/mol. The van der Waals surface area contributed by atoms with Crippen molar-refractivity contribution in [2.75, 3.05) is 0 Å². The van der Waals surface area contributed by atoms with Crippen LogP contribution in [0.5, 0.6) is 0 Å². The average Bonchev–Trinajstić information content (AvgIpc) is 2.19. The summed E-state index contributed by atoms with van der Waals surface area (Å²) in [5.41, 5.74) is -1.01. The second-order valence-corrected chi connectivity index (χ2v) is 3.34. The van der Waals surface area contributed by atoms with Crippen LogP contribution < -0.4 is 5.63 Å². The van der Waals surface area contributed by atoms with Gasteiger partial charge in [0, 0.05) is 5.39 Å². The van der Waals surface area contributed by atoms with Crippen molar-refractivity contribution in [2.24, 2.45) is 0 Å². The molecule has 0 aliphatic heterocycles. The first-order valence-electron chi connectivity index (χ1n) is 4.47. The fourth-order valence-electron chi connectivity index (χ4n) is 1.57. The van der Waals surface area contributed by atoms with Gasteiger partial charge in [0.2, 0.25) is 0 Å². The number of carboxylic acid groups (broad SMARTS) is 1. The molecular weight excluding hydrogens is 215 g/mol. The largest absolute Gasteiger partial charge is 0.477 e. The van der Waals surface area contributed by atoms with Crippen molar-refractivity contribution >= 4 is 16.9 Å². The lowest BCUT2D eigenvalue weighted by Gasteiger charge is -2.03. The van der Waals surface area contributed by atoms with Crippen molar-refractivity contribution in [2.45, 2.75) is 6.92 Å². The summed E-state index contributed by atoms with van der Waals surface area (Å²) in [5, 5.41) is 9.11. The second-order valence-electron chi connectivity index (χ2n) is 3.34. The van der Waals surface area contributed by atoms with Gasteiger partial charge < -0.3 is 9.52 Å². The summed E-state index contributed by atoms with van der Waals surface area (Å²) in [5.74, 6) is -1.89. The average molecular weight is 222 g/mol. The minimum absolute atomic E-state index is 0.175. The number of hydrogen-bond acceptors (Lipinski definition) is 3. The number of fused-ring (bicyclic) bond motifs is 1. The number of carboxylic acids is 1. The van der Waals surface area contributed by atoms with Gasteiger partial charge in [-0.05, 0) is 30.7 Å². The van der Waals surface area contributed by atoms with Gasteiger partial charge in [-0.2, -0.15) is 0 Å². The molecule has 1 N–H and O–H groups in total. The van der Waals surface area contributed by atoms with Crippen molar-refractivity contribution < 1.29 is 18.7 Å². The highest BCUT2D eigenvalue weighted by atomic mass is 19.1. The van der Waals surface area contributed by atoms with Crippen LogP contribution in [-0.4, -0.2) is 11.1 Å². The summed E-state index contributed by atoms with van der Waals surface area (Å²) in [6, 6.07) is 3.58. The van der Waals surface area contributed by atoms with Crippen molar-refractivity contribution in [3.8, 4) is 0 Å². The van der Waals surface area contributed by atoms with E-state index in [1.54, 1.807) is 0 Å². The van der Waals surface area contributed by atoms with Gasteiger partial charge in [0.05, 0.1) is 0 Å². The highest BCUT2D eigenvalue weighted by Crippen LogP contribution is 2.20. The Bertz CT molecular complexity index is 642. The Hall–Kier alpha value is -2.17. The Morgan fingerprint density at radius 2 is 2.12 bits per heavy atom. The summed E-state index contributed by atoms with van der Waals surface area (Å²) in [4.78, 5) is 22.2. The predicted octanol–water partition coefficient (Wildman–Crippen LogP) is 1.94. The molecule has 82 valence electrons. The third-order valence-electron chi connectivity index (χ3n) is 2.34. The lowest BCUT2D eigenvalue weighted by molar-refractivity contribution is 0.0691. The maximum Gasteiger partial charge on any atom is 0.351 e. The molecule has 2 aromatic rings. The second kappa shape index (κ2) is 3.44. The van der Waals surface area contributed by atoms with Crippen LogP contribution in [0.15, 0.2) is 27.4 Å². The van der Waals surface area contributed by atoms with Gasteiger partial charge in [-0.25, -0.2) is 14.0 Å². The maximum absolute atomic E-state index is 13.0. The first-order valence-corrected chi connectivity index (χ1v) is 4.47. The molecule has 1 heterocycles. The number of carbonyl (C=O) groups is 1. The van der Waals surface area contributed by atoms with Gasteiger partial charge in [0.15, 0.2) is 0 Å². The predicted molar refractivity (Wildman–Crippen MR) is 54.1 cm³/mol. The standard InChI is InChI=1S/C11H7FO4/c1-5-7-4-6(12)2-3-8(7)16-11(15)9(5)10(13)14/h2-4H,1H3,(H,13,14). The van der Waals surface area contributed by atoms with Crippen molar-refractivity contribution in [1.82, 2.24) is 0 Å². The minimum Gasteiger partial charge on any atom is -0.477 e. The number of aryl methyl sites for hydroxylation is 1. The molecule has 16 heavy (non-hydrogen) atoms. The molecule has 2 rings (SSSR count). The Balaban J connectivity index is 2.96. The molecule has 0 spiro atoms. The number of hydrogen-bond donors (Lipinski definition) is 1. The molecule has 4 nitrogen and oxygen atoms in total. The summed E-state index contributed by atoms with van der Waals surface area (Å²) >= 11 is 0. The molecule has 5 heteroatoms. The molecule has 0 bridgehead atoms. The van der Waals surface area contributed by atoms with E-state index in [9.17, 15) is 14.0 Å². The SMILES string of the molecule is Cc1c(C(=O)O)c(=O)oc2ccc(F)cc12.